The van der Waals surface area contributed by atoms with Gasteiger partial charge >= 0.3 is 0 Å². The van der Waals surface area contributed by atoms with Crippen LogP contribution in [0.15, 0.2) is 22.7 Å². The van der Waals surface area contributed by atoms with Gasteiger partial charge in [0.2, 0.25) is 0 Å². The van der Waals surface area contributed by atoms with Gasteiger partial charge in [0.25, 0.3) is 0 Å². The first-order valence-electron chi connectivity index (χ1n) is 6.41. The molecule has 0 aromatic heterocycles. The van der Waals surface area contributed by atoms with Gasteiger partial charge in [0.1, 0.15) is 5.82 Å². The highest BCUT2D eigenvalue weighted by molar-refractivity contribution is 9.10. The highest BCUT2D eigenvalue weighted by atomic mass is 79.9. The van der Waals surface area contributed by atoms with Gasteiger partial charge in [-0.2, -0.15) is 0 Å². The van der Waals surface area contributed by atoms with E-state index in [1.54, 1.807) is 12.1 Å². The van der Waals surface area contributed by atoms with Crippen LogP contribution < -0.4 is 0 Å². The number of aliphatic hydroxyl groups is 1. The van der Waals surface area contributed by atoms with E-state index in [4.69, 9.17) is 4.74 Å². The third-order valence-corrected chi connectivity index (χ3v) is 4.03. The van der Waals surface area contributed by atoms with Crippen LogP contribution in [0.4, 0.5) is 4.39 Å². The largest absolute Gasteiger partial charge is 0.388 e. The number of hydrogen-bond acceptors (Lipinski definition) is 3. The Hall–Kier alpha value is -0.490. The van der Waals surface area contributed by atoms with Crippen molar-refractivity contribution in [2.45, 2.75) is 25.0 Å². The van der Waals surface area contributed by atoms with Crippen LogP contribution >= 0.6 is 15.9 Å². The van der Waals surface area contributed by atoms with Gasteiger partial charge in [-0.05, 0) is 40.7 Å². The van der Waals surface area contributed by atoms with Crippen LogP contribution in [0, 0.1) is 5.82 Å². The number of ether oxygens (including phenoxy) is 1. The van der Waals surface area contributed by atoms with Gasteiger partial charge in [-0.3, -0.25) is 4.90 Å². The van der Waals surface area contributed by atoms with E-state index in [-0.39, 0.29) is 5.82 Å². The van der Waals surface area contributed by atoms with Gasteiger partial charge in [0, 0.05) is 39.1 Å². The first-order chi connectivity index (χ1) is 8.98. The van der Waals surface area contributed by atoms with Crippen LogP contribution in [-0.4, -0.2) is 42.4 Å². The van der Waals surface area contributed by atoms with Crippen LogP contribution in [0.3, 0.4) is 0 Å². The summed E-state index contributed by atoms with van der Waals surface area (Å²) in [4.78, 5) is 2.06. The minimum atomic E-state index is -0.662. The first kappa shape index (κ1) is 14.9. The average molecular weight is 332 g/mol. The number of likely N-dealkylation sites (N-methyl/N-ethyl adjacent to an activating group) is 1. The van der Waals surface area contributed by atoms with Crippen molar-refractivity contribution in [3.63, 3.8) is 0 Å². The molecule has 0 atom stereocenters. The molecule has 1 N–H and O–H groups in total. The minimum Gasteiger partial charge on any atom is -0.388 e. The van der Waals surface area contributed by atoms with Gasteiger partial charge in [0.15, 0.2) is 0 Å². The van der Waals surface area contributed by atoms with Crippen LogP contribution in [0.5, 0.6) is 0 Å². The molecule has 19 heavy (non-hydrogen) atoms. The molecule has 0 radical (unpaired) electrons. The van der Waals surface area contributed by atoms with Crippen molar-refractivity contribution < 1.29 is 14.2 Å². The van der Waals surface area contributed by atoms with E-state index in [1.165, 1.54) is 6.07 Å². The molecule has 1 aromatic rings. The molecule has 5 heteroatoms. The molecule has 0 saturated carbocycles. The second-order valence-electron chi connectivity index (χ2n) is 5.26. The molecule has 0 amide bonds. The molecule has 1 aliphatic heterocycles. The standard InChI is InChI=1S/C14H19BrFNO2/c1-17(10-14(18)4-6-19-7-5-14)9-11-2-3-13(16)12(15)8-11/h2-3,8,18H,4-7,9-10H2,1H3. The fourth-order valence-electron chi connectivity index (χ4n) is 2.42. The summed E-state index contributed by atoms with van der Waals surface area (Å²) in [6.45, 7) is 2.52. The van der Waals surface area contributed by atoms with Gasteiger partial charge < -0.3 is 9.84 Å². The lowest BCUT2D eigenvalue weighted by atomic mass is 9.94. The predicted octanol–water partition coefficient (Wildman–Crippen LogP) is 2.56. The zero-order chi connectivity index (χ0) is 13.9. The molecule has 1 saturated heterocycles. The highest BCUT2D eigenvalue weighted by Gasteiger charge is 2.30. The van der Waals surface area contributed by atoms with Crippen molar-refractivity contribution >= 4 is 15.9 Å². The quantitative estimate of drug-likeness (QED) is 0.920. The van der Waals surface area contributed by atoms with E-state index in [0.29, 0.717) is 43.6 Å². The lowest BCUT2D eigenvalue weighted by Crippen LogP contribution is -2.45. The number of rotatable bonds is 4. The van der Waals surface area contributed by atoms with Crippen LogP contribution in [0.25, 0.3) is 0 Å². The second kappa shape index (κ2) is 6.31. The van der Waals surface area contributed by atoms with E-state index in [0.717, 1.165) is 5.56 Å². The predicted molar refractivity (Wildman–Crippen MR) is 75.4 cm³/mol. The van der Waals surface area contributed by atoms with Gasteiger partial charge in [-0.25, -0.2) is 4.39 Å². The Bertz CT molecular complexity index is 435. The molecule has 1 fully saturated rings. The van der Waals surface area contributed by atoms with Crippen molar-refractivity contribution in [1.82, 2.24) is 4.90 Å². The highest BCUT2D eigenvalue weighted by Crippen LogP contribution is 2.23. The minimum absolute atomic E-state index is 0.255. The summed E-state index contributed by atoms with van der Waals surface area (Å²) in [5, 5.41) is 10.4. The lowest BCUT2D eigenvalue weighted by molar-refractivity contribution is -0.0777. The SMILES string of the molecule is CN(Cc1ccc(F)c(Br)c1)CC1(O)CCOCC1. The molecule has 0 spiro atoms. The fourth-order valence-corrected chi connectivity index (χ4v) is 2.84. The van der Waals surface area contributed by atoms with Crippen molar-refractivity contribution in [2.75, 3.05) is 26.8 Å². The molecule has 106 valence electrons. The summed E-state index contributed by atoms with van der Waals surface area (Å²) in [6, 6.07) is 5.00. The van der Waals surface area contributed by atoms with Crippen molar-refractivity contribution in [2.24, 2.45) is 0 Å². The van der Waals surface area contributed by atoms with Gasteiger partial charge in [0.05, 0.1) is 10.1 Å². The number of hydrogen-bond donors (Lipinski definition) is 1. The third kappa shape index (κ3) is 4.24. The maximum Gasteiger partial charge on any atom is 0.137 e. The molecular weight excluding hydrogens is 313 g/mol. The van der Waals surface area contributed by atoms with E-state index >= 15 is 0 Å². The Morgan fingerprint density at radius 2 is 2.11 bits per heavy atom. The summed E-state index contributed by atoms with van der Waals surface area (Å²) < 4.78 is 18.9. The molecule has 0 bridgehead atoms. The van der Waals surface area contributed by atoms with E-state index in [9.17, 15) is 9.50 Å². The van der Waals surface area contributed by atoms with Crippen LogP contribution in [-0.2, 0) is 11.3 Å². The van der Waals surface area contributed by atoms with Crippen LogP contribution in [0.2, 0.25) is 0 Å². The normalized spacial score (nSPS) is 18.8. The van der Waals surface area contributed by atoms with E-state index in [2.05, 4.69) is 20.8 Å². The number of nitrogens with zero attached hydrogens (tertiary/aromatic N) is 1. The first-order valence-corrected chi connectivity index (χ1v) is 7.20. The lowest BCUT2D eigenvalue weighted by Gasteiger charge is -2.35. The monoisotopic (exact) mass is 331 g/mol. The third-order valence-electron chi connectivity index (χ3n) is 3.42. The summed E-state index contributed by atoms with van der Waals surface area (Å²) in [5.41, 5.74) is 0.357. The zero-order valence-electron chi connectivity index (χ0n) is 11.0. The summed E-state index contributed by atoms with van der Waals surface area (Å²) >= 11 is 3.19. The maximum absolute atomic E-state index is 13.2. The molecule has 1 aliphatic rings. The Balaban J connectivity index is 1.93. The summed E-state index contributed by atoms with van der Waals surface area (Å²) in [5.74, 6) is -0.255. The zero-order valence-corrected chi connectivity index (χ0v) is 12.6. The molecule has 1 aromatic carbocycles. The van der Waals surface area contributed by atoms with Gasteiger partial charge in [-0.1, -0.05) is 6.07 Å². The molecular formula is C14H19BrFNO2. The van der Waals surface area contributed by atoms with Crippen molar-refractivity contribution in [3.05, 3.63) is 34.1 Å². The Morgan fingerprint density at radius 1 is 1.42 bits per heavy atom. The topological polar surface area (TPSA) is 32.7 Å². The molecule has 2 rings (SSSR count). The smallest absolute Gasteiger partial charge is 0.137 e. The Morgan fingerprint density at radius 3 is 2.74 bits per heavy atom. The molecule has 0 aliphatic carbocycles. The number of benzene rings is 1. The Labute approximate surface area is 121 Å². The summed E-state index contributed by atoms with van der Waals surface area (Å²) in [6.07, 6.45) is 1.34. The van der Waals surface area contributed by atoms with Crippen molar-refractivity contribution in [3.8, 4) is 0 Å². The van der Waals surface area contributed by atoms with E-state index < -0.39 is 5.60 Å². The second-order valence-corrected chi connectivity index (χ2v) is 6.11. The molecule has 0 unspecified atom stereocenters. The van der Waals surface area contributed by atoms with Crippen molar-refractivity contribution in [1.29, 1.82) is 0 Å². The Kier molecular flexibility index (Phi) is 4.95. The van der Waals surface area contributed by atoms with Gasteiger partial charge in [-0.15, -0.1) is 0 Å². The van der Waals surface area contributed by atoms with Crippen LogP contribution in [0.1, 0.15) is 18.4 Å². The maximum atomic E-state index is 13.2. The average Bonchev–Trinajstić information content (AvgIpc) is 2.34. The molecule has 3 nitrogen and oxygen atoms in total. The number of halogens is 2. The molecule has 1 heterocycles. The fraction of sp³-hybridized carbons (Fsp3) is 0.571. The summed E-state index contributed by atoms with van der Waals surface area (Å²) in [7, 11) is 1.96. The van der Waals surface area contributed by atoms with E-state index in [1.807, 2.05) is 7.05 Å².